The second kappa shape index (κ2) is 3.46. The van der Waals surface area contributed by atoms with Crippen molar-refractivity contribution in [3.05, 3.63) is 0 Å². The Kier molecular flexibility index (Phi) is 2.43. The van der Waals surface area contributed by atoms with Crippen LogP contribution in [0.25, 0.3) is 0 Å². The zero-order valence-corrected chi connectivity index (χ0v) is 11.0. The molecular formula is C14H24O3. The normalized spacial score (nSPS) is 56.6. The molecule has 3 fully saturated rings. The van der Waals surface area contributed by atoms with Crippen molar-refractivity contribution in [1.29, 1.82) is 0 Å². The van der Waals surface area contributed by atoms with Crippen molar-refractivity contribution in [1.82, 2.24) is 0 Å². The van der Waals surface area contributed by atoms with E-state index < -0.39 is 11.7 Å². The van der Waals surface area contributed by atoms with Crippen LogP contribution in [0.1, 0.15) is 46.5 Å². The molecule has 2 N–H and O–H groups in total. The topological polar surface area (TPSA) is 49.7 Å². The van der Waals surface area contributed by atoms with Gasteiger partial charge in [0, 0.05) is 0 Å². The summed E-state index contributed by atoms with van der Waals surface area (Å²) in [7, 11) is 0. The molecule has 3 heteroatoms. The van der Waals surface area contributed by atoms with Crippen LogP contribution in [0.3, 0.4) is 0 Å². The molecule has 1 saturated carbocycles. The van der Waals surface area contributed by atoms with Crippen LogP contribution in [0.2, 0.25) is 0 Å². The molecule has 6 atom stereocenters. The number of hydrogen-bond donors (Lipinski definition) is 2. The average molecular weight is 240 g/mol. The zero-order valence-electron chi connectivity index (χ0n) is 11.0. The van der Waals surface area contributed by atoms with Crippen molar-refractivity contribution in [3.63, 3.8) is 0 Å². The van der Waals surface area contributed by atoms with E-state index >= 15 is 0 Å². The van der Waals surface area contributed by atoms with Crippen LogP contribution in [0, 0.1) is 17.3 Å². The first-order chi connectivity index (χ1) is 7.82. The monoisotopic (exact) mass is 240 g/mol. The summed E-state index contributed by atoms with van der Waals surface area (Å²) in [6.07, 6.45) is 3.12. The number of fused-ring (bicyclic) bond motifs is 4. The van der Waals surface area contributed by atoms with Gasteiger partial charge < -0.3 is 14.9 Å². The molecule has 0 aromatic heterocycles. The Bertz CT molecular complexity index is 323. The van der Waals surface area contributed by atoms with Crippen molar-refractivity contribution >= 4 is 0 Å². The van der Waals surface area contributed by atoms with E-state index in [9.17, 15) is 10.2 Å². The maximum Gasteiger partial charge on any atom is 0.114 e. The number of rotatable bonds is 0. The number of hydrogen-bond acceptors (Lipinski definition) is 3. The lowest BCUT2D eigenvalue weighted by molar-refractivity contribution is -0.236. The predicted molar refractivity (Wildman–Crippen MR) is 64.5 cm³/mol. The molecule has 6 unspecified atom stereocenters. The van der Waals surface area contributed by atoms with Gasteiger partial charge in [-0.05, 0) is 49.9 Å². The van der Waals surface area contributed by atoms with Crippen molar-refractivity contribution < 1.29 is 14.9 Å². The van der Waals surface area contributed by atoms with Gasteiger partial charge >= 0.3 is 0 Å². The fourth-order valence-electron chi connectivity index (χ4n) is 4.29. The molecule has 0 aromatic carbocycles. The Morgan fingerprint density at radius 2 is 1.88 bits per heavy atom. The Morgan fingerprint density at radius 3 is 2.53 bits per heavy atom. The lowest BCUT2D eigenvalue weighted by Gasteiger charge is -2.59. The van der Waals surface area contributed by atoms with Gasteiger partial charge in [0.25, 0.3) is 0 Å². The third-order valence-electron chi connectivity index (χ3n) is 5.62. The van der Waals surface area contributed by atoms with E-state index in [1.807, 2.05) is 0 Å². The highest BCUT2D eigenvalue weighted by Crippen LogP contribution is 2.59. The van der Waals surface area contributed by atoms with Gasteiger partial charge in [0.05, 0.1) is 18.3 Å². The molecule has 3 nitrogen and oxygen atoms in total. The highest BCUT2D eigenvalue weighted by molar-refractivity contribution is 5.08. The van der Waals surface area contributed by atoms with Crippen LogP contribution in [0.5, 0.6) is 0 Å². The molecule has 2 saturated heterocycles. The number of aliphatic hydroxyl groups excluding tert-OH is 1. The van der Waals surface area contributed by atoms with Crippen molar-refractivity contribution in [3.8, 4) is 0 Å². The van der Waals surface area contributed by atoms with Crippen LogP contribution in [0.4, 0.5) is 0 Å². The molecule has 2 heterocycles. The molecule has 1 aliphatic carbocycles. The molecule has 0 amide bonds. The lowest BCUT2D eigenvalue weighted by atomic mass is 9.51. The largest absolute Gasteiger partial charge is 0.390 e. The molecular weight excluding hydrogens is 216 g/mol. The quantitative estimate of drug-likeness (QED) is 0.677. The summed E-state index contributed by atoms with van der Waals surface area (Å²) in [6, 6.07) is 0. The van der Waals surface area contributed by atoms with Gasteiger partial charge in [-0.3, -0.25) is 0 Å². The summed E-state index contributed by atoms with van der Waals surface area (Å²) in [6.45, 7) is 6.37. The van der Waals surface area contributed by atoms with E-state index in [0.717, 1.165) is 12.8 Å². The van der Waals surface area contributed by atoms with Gasteiger partial charge in [-0.15, -0.1) is 0 Å². The first-order valence-electron chi connectivity index (χ1n) is 6.88. The summed E-state index contributed by atoms with van der Waals surface area (Å²) in [5, 5.41) is 20.5. The second-order valence-corrected chi connectivity index (χ2v) is 7.18. The van der Waals surface area contributed by atoms with E-state index in [1.54, 1.807) is 6.92 Å². The molecule has 2 aliphatic heterocycles. The van der Waals surface area contributed by atoms with E-state index in [0.29, 0.717) is 23.7 Å². The fourth-order valence-corrected chi connectivity index (χ4v) is 4.29. The summed E-state index contributed by atoms with van der Waals surface area (Å²) in [4.78, 5) is 0. The summed E-state index contributed by atoms with van der Waals surface area (Å²) < 4.78 is 6.05. The standard InChI is InChI=1S/C14H24O3/c1-13(2)7-8-9(13)6-12-14(3,16)11(15)5-4-10(8)17-12/h8-12,15-16H,4-7H2,1-3H3. The molecule has 0 aromatic rings. The predicted octanol–water partition coefficient (Wildman–Crippen LogP) is 1.71. The van der Waals surface area contributed by atoms with Crippen LogP contribution in [-0.2, 0) is 4.74 Å². The van der Waals surface area contributed by atoms with Crippen LogP contribution >= 0.6 is 0 Å². The SMILES string of the molecule is CC1(C)CC2C3CCC(O)C(C)(O)C(CC21)O3. The summed E-state index contributed by atoms with van der Waals surface area (Å²) in [5.41, 5.74) is -0.693. The van der Waals surface area contributed by atoms with Crippen molar-refractivity contribution in [2.24, 2.45) is 17.3 Å². The van der Waals surface area contributed by atoms with Gasteiger partial charge in [0.2, 0.25) is 0 Å². The van der Waals surface area contributed by atoms with Crippen LogP contribution in [-0.4, -0.2) is 34.1 Å². The molecule has 2 bridgehead atoms. The summed E-state index contributed by atoms with van der Waals surface area (Å²) in [5.74, 6) is 1.31. The highest BCUT2D eigenvalue weighted by Gasteiger charge is 2.58. The second-order valence-electron chi connectivity index (χ2n) is 7.18. The maximum absolute atomic E-state index is 10.5. The van der Waals surface area contributed by atoms with E-state index in [4.69, 9.17) is 4.74 Å². The minimum atomic E-state index is -1.08. The third kappa shape index (κ3) is 1.59. The Balaban J connectivity index is 1.88. The molecule has 17 heavy (non-hydrogen) atoms. The maximum atomic E-state index is 10.5. The Hall–Kier alpha value is -0.120. The third-order valence-corrected chi connectivity index (χ3v) is 5.62. The fraction of sp³-hybridized carbons (Fsp3) is 1.00. The minimum Gasteiger partial charge on any atom is -0.390 e. The zero-order chi connectivity index (χ0) is 12.4. The van der Waals surface area contributed by atoms with E-state index in [1.165, 1.54) is 6.42 Å². The van der Waals surface area contributed by atoms with Crippen LogP contribution < -0.4 is 0 Å². The Labute approximate surface area is 103 Å². The molecule has 0 spiro atoms. The summed E-state index contributed by atoms with van der Waals surface area (Å²) >= 11 is 0. The van der Waals surface area contributed by atoms with E-state index in [2.05, 4.69) is 13.8 Å². The van der Waals surface area contributed by atoms with Gasteiger partial charge in [-0.25, -0.2) is 0 Å². The minimum absolute atomic E-state index is 0.189. The van der Waals surface area contributed by atoms with Crippen molar-refractivity contribution in [2.45, 2.75) is 70.4 Å². The van der Waals surface area contributed by atoms with Crippen LogP contribution in [0.15, 0.2) is 0 Å². The first kappa shape index (κ1) is 11.9. The smallest absolute Gasteiger partial charge is 0.114 e. The lowest BCUT2D eigenvalue weighted by Crippen LogP contribution is -2.60. The van der Waals surface area contributed by atoms with Gasteiger partial charge in [-0.2, -0.15) is 0 Å². The Morgan fingerprint density at radius 1 is 1.18 bits per heavy atom. The first-order valence-corrected chi connectivity index (χ1v) is 6.88. The number of ether oxygens (including phenoxy) is 1. The number of aliphatic hydroxyl groups is 2. The molecule has 3 aliphatic rings. The molecule has 3 rings (SSSR count). The van der Waals surface area contributed by atoms with Gasteiger partial charge in [-0.1, -0.05) is 13.8 Å². The van der Waals surface area contributed by atoms with Gasteiger partial charge in [0.1, 0.15) is 5.60 Å². The molecule has 98 valence electrons. The van der Waals surface area contributed by atoms with Gasteiger partial charge in [0.15, 0.2) is 0 Å². The average Bonchev–Trinajstić information content (AvgIpc) is 2.32. The van der Waals surface area contributed by atoms with Crippen molar-refractivity contribution in [2.75, 3.05) is 0 Å². The van der Waals surface area contributed by atoms with E-state index in [-0.39, 0.29) is 12.2 Å². The molecule has 0 radical (unpaired) electrons. The highest BCUT2D eigenvalue weighted by atomic mass is 16.5.